The number of hydrogen-bond donors (Lipinski definition) is 0. The van der Waals surface area contributed by atoms with Crippen LogP contribution in [0.5, 0.6) is 18.0 Å². The minimum absolute atomic E-state index is 0.0160. The molecule has 1 amide bonds. The Balaban J connectivity index is 1.60. The fraction of sp³-hybridized carbons (Fsp3) is 0.304. The van der Waals surface area contributed by atoms with Gasteiger partial charge in [-0.3, -0.25) is 4.79 Å². The van der Waals surface area contributed by atoms with Crippen LogP contribution in [-0.4, -0.2) is 71.4 Å². The molecule has 34 heavy (non-hydrogen) atoms. The first-order chi connectivity index (χ1) is 16.5. The van der Waals surface area contributed by atoms with E-state index in [0.29, 0.717) is 13.2 Å². The largest absolute Gasteiger partial charge is 0.460 e. The van der Waals surface area contributed by atoms with Gasteiger partial charge in [-0.1, -0.05) is 43.0 Å². The quantitative estimate of drug-likeness (QED) is 0.350. The average Bonchev–Trinajstić information content (AvgIpc) is 2.84. The molecule has 1 unspecified atom stereocenters. The van der Waals surface area contributed by atoms with Gasteiger partial charge in [0.1, 0.15) is 31.7 Å². The molecule has 3 rings (SSSR count). The number of rotatable bonds is 11. The summed E-state index contributed by atoms with van der Waals surface area (Å²) >= 11 is 6.00. The Hall–Kier alpha value is -3.50. The maximum atomic E-state index is 13.9. The van der Waals surface area contributed by atoms with Crippen molar-refractivity contribution in [2.45, 2.75) is 6.10 Å². The summed E-state index contributed by atoms with van der Waals surface area (Å²) in [5.41, 5.74) is 0.157. The molecule has 1 aliphatic rings. The third-order valence-corrected chi connectivity index (χ3v) is 4.81. The number of benzene rings is 1. The molecule has 11 heteroatoms. The van der Waals surface area contributed by atoms with Gasteiger partial charge in [0, 0.05) is 18.2 Å². The third kappa shape index (κ3) is 7.26. The zero-order chi connectivity index (χ0) is 24.3. The molecule has 0 bridgehead atoms. The molecule has 1 aliphatic heterocycles. The van der Waals surface area contributed by atoms with Gasteiger partial charge in [0.15, 0.2) is 0 Å². The van der Waals surface area contributed by atoms with Crippen LogP contribution in [0.3, 0.4) is 0 Å². The van der Waals surface area contributed by atoms with Crippen molar-refractivity contribution in [2.75, 3.05) is 39.5 Å². The molecule has 0 spiro atoms. The Morgan fingerprint density at radius 1 is 1.15 bits per heavy atom. The second-order valence-corrected chi connectivity index (χ2v) is 7.35. The molecule has 1 aromatic carbocycles. The summed E-state index contributed by atoms with van der Waals surface area (Å²) in [6.07, 6.45) is 5.30. The molecule has 2 aromatic rings. The van der Waals surface area contributed by atoms with Gasteiger partial charge >= 0.3 is 18.0 Å². The van der Waals surface area contributed by atoms with E-state index < -0.39 is 11.9 Å². The summed E-state index contributed by atoms with van der Waals surface area (Å²) in [4.78, 5) is 26.4. The highest BCUT2D eigenvalue weighted by molar-refractivity contribution is 6.32. The predicted molar refractivity (Wildman–Crippen MR) is 123 cm³/mol. The molecule has 1 atom stereocenters. The van der Waals surface area contributed by atoms with Gasteiger partial charge in [0.2, 0.25) is 5.91 Å². The van der Waals surface area contributed by atoms with Gasteiger partial charge in [0.05, 0.1) is 18.2 Å². The van der Waals surface area contributed by atoms with Crippen LogP contribution in [0, 0.1) is 5.82 Å². The zero-order valence-corrected chi connectivity index (χ0v) is 19.1. The Labute approximate surface area is 201 Å². The minimum atomic E-state index is -0.505. The van der Waals surface area contributed by atoms with Crippen LogP contribution in [-0.2, 0) is 9.53 Å². The number of hydrogen-bond acceptors (Lipinski definition) is 8. The van der Waals surface area contributed by atoms with Crippen LogP contribution >= 0.6 is 11.6 Å². The van der Waals surface area contributed by atoms with Crippen LogP contribution in [0.15, 0.2) is 49.6 Å². The fourth-order valence-electron chi connectivity index (χ4n) is 2.90. The molecule has 180 valence electrons. The van der Waals surface area contributed by atoms with Crippen LogP contribution in [0.2, 0.25) is 5.02 Å². The number of aromatic nitrogens is 3. The minimum Gasteiger partial charge on any atom is -0.460 e. The summed E-state index contributed by atoms with van der Waals surface area (Å²) in [5, 5.41) is 0.225. The molecule has 0 saturated carbocycles. The Kier molecular flexibility index (Phi) is 9.36. The number of ether oxygens (including phenoxy) is 4. The van der Waals surface area contributed by atoms with Gasteiger partial charge < -0.3 is 23.8 Å². The topological polar surface area (TPSA) is 95.9 Å². The highest BCUT2D eigenvalue weighted by atomic mass is 35.5. The lowest BCUT2D eigenvalue weighted by atomic mass is 10.2. The summed E-state index contributed by atoms with van der Waals surface area (Å²) in [7, 11) is 0. The second-order valence-electron chi connectivity index (χ2n) is 6.94. The van der Waals surface area contributed by atoms with E-state index in [9.17, 15) is 9.18 Å². The van der Waals surface area contributed by atoms with Gasteiger partial charge in [-0.25, -0.2) is 4.39 Å². The summed E-state index contributed by atoms with van der Waals surface area (Å²) in [5.74, 6) is -0.803. The lowest BCUT2D eigenvalue weighted by Gasteiger charge is -2.32. The van der Waals surface area contributed by atoms with Crippen LogP contribution in [0.1, 0.15) is 5.56 Å². The van der Waals surface area contributed by atoms with E-state index in [1.807, 2.05) is 0 Å². The van der Waals surface area contributed by atoms with Crippen LogP contribution in [0.25, 0.3) is 6.08 Å². The van der Waals surface area contributed by atoms with Crippen molar-refractivity contribution >= 4 is 23.6 Å². The normalized spacial score (nSPS) is 15.7. The number of carbonyl (C=O) groups is 1. The lowest BCUT2D eigenvalue weighted by molar-refractivity contribution is -0.134. The standard InChI is InChI=1S/C23H24ClFN4O5/c1-3-11-32-21-26-22(33-12-4-2)28-23(27-21)34-15-16-14-29(10-13-31-16)20(30)9-8-17-18(24)6-5-7-19(17)25/h3-9,16H,1-2,10-15H2. The van der Waals surface area contributed by atoms with Crippen LogP contribution < -0.4 is 14.2 Å². The first-order valence-corrected chi connectivity index (χ1v) is 10.8. The Morgan fingerprint density at radius 3 is 2.41 bits per heavy atom. The molecule has 0 radical (unpaired) electrons. The fourth-order valence-corrected chi connectivity index (χ4v) is 3.12. The SMILES string of the molecule is C=CCOc1nc(OCC=C)nc(OCC2CN(C(=O)C=Cc3c(F)cccc3Cl)CCO2)n1. The number of nitrogens with zero attached hydrogens (tertiary/aromatic N) is 4. The number of halogens is 2. The van der Waals surface area contributed by atoms with E-state index in [0.717, 1.165) is 0 Å². The Morgan fingerprint density at radius 2 is 1.79 bits per heavy atom. The van der Waals surface area contributed by atoms with E-state index in [1.165, 1.54) is 24.3 Å². The highest BCUT2D eigenvalue weighted by Crippen LogP contribution is 2.21. The predicted octanol–water partition coefficient (Wildman–Crippen LogP) is 3.11. The van der Waals surface area contributed by atoms with Gasteiger partial charge in [-0.15, -0.1) is 15.0 Å². The maximum Gasteiger partial charge on any atom is 0.326 e. The average molecular weight is 491 g/mol. The highest BCUT2D eigenvalue weighted by Gasteiger charge is 2.24. The molecular formula is C23H24ClFN4O5. The van der Waals surface area contributed by atoms with E-state index in [-0.39, 0.29) is 60.9 Å². The van der Waals surface area contributed by atoms with Crippen LogP contribution in [0.4, 0.5) is 4.39 Å². The number of amides is 1. The third-order valence-electron chi connectivity index (χ3n) is 4.48. The van der Waals surface area contributed by atoms with Crippen molar-refractivity contribution in [1.82, 2.24) is 19.9 Å². The maximum absolute atomic E-state index is 13.9. The van der Waals surface area contributed by atoms with Crippen molar-refractivity contribution in [1.29, 1.82) is 0 Å². The van der Waals surface area contributed by atoms with Crippen molar-refractivity contribution in [3.63, 3.8) is 0 Å². The van der Waals surface area contributed by atoms with Gasteiger partial charge in [-0.2, -0.15) is 0 Å². The van der Waals surface area contributed by atoms with Crippen molar-refractivity contribution in [3.05, 3.63) is 66.0 Å². The van der Waals surface area contributed by atoms with E-state index in [4.69, 9.17) is 30.5 Å². The smallest absolute Gasteiger partial charge is 0.326 e. The molecule has 9 nitrogen and oxygen atoms in total. The zero-order valence-electron chi connectivity index (χ0n) is 18.4. The number of carbonyl (C=O) groups excluding carboxylic acids is 1. The number of morpholine rings is 1. The molecule has 1 saturated heterocycles. The van der Waals surface area contributed by atoms with E-state index in [1.54, 1.807) is 23.1 Å². The monoisotopic (exact) mass is 490 g/mol. The summed E-state index contributed by atoms with van der Waals surface area (Å²) in [6, 6.07) is 4.35. The first kappa shape index (κ1) is 25.1. The Bertz CT molecular complexity index is 1000. The van der Waals surface area contributed by atoms with Gasteiger partial charge in [0.25, 0.3) is 0 Å². The van der Waals surface area contributed by atoms with Gasteiger partial charge in [-0.05, 0) is 18.2 Å². The van der Waals surface area contributed by atoms with E-state index in [2.05, 4.69) is 28.1 Å². The molecule has 1 fully saturated rings. The molecular weight excluding hydrogens is 467 g/mol. The lowest BCUT2D eigenvalue weighted by Crippen LogP contribution is -2.47. The van der Waals surface area contributed by atoms with Crippen molar-refractivity contribution in [3.8, 4) is 18.0 Å². The van der Waals surface area contributed by atoms with E-state index >= 15 is 0 Å². The second kappa shape index (κ2) is 12.7. The first-order valence-electron chi connectivity index (χ1n) is 10.4. The summed E-state index contributed by atoms with van der Waals surface area (Å²) < 4.78 is 35.9. The molecule has 1 aromatic heterocycles. The van der Waals surface area contributed by atoms with Crippen molar-refractivity contribution in [2.24, 2.45) is 0 Å². The molecule has 0 N–H and O–H groups in total. The van der Waals surface area contributed by atoms with Crippen molar-refractivity contribution < 1.29 is 28.1 Å². The summed E-state index contributed by atoms with van der Waals surface area (Å²) in [6.45, 7) is 8.57. The molecule has 0 aliphatic carbocycles. The molecule has 2 heterocycles.